The van der Waals surface area contributed by atoms with Crippen LogP contribution in [0.3, 0.4) is 0 Å². The van der Waals surface area contributed by atoms with Gasteiger partial charge < -0.3 is 4.42 Å². The van der Waals surface area contributed by atoms with Crippen molar-refractivity contribution >= 4 is 49.2 Å². The van der Waals surface area contributed by atoms with Crippen LogP contribution < -0.4 is 0 Å². The maximum atomic E-state index is 7.80. The maximum Gasteiger partial charge on any atom is 0.194 e. The molecule has 0 saturated carbocycles. The second-order valence-electron chi connectivity index (χ2n) is 14.6. The molecule has 0 atom stereocenters. The molecule has 5 nitrogen and oxygen atoms in total. The largest absolute Gasteiger partial charge is 0.456 e. The van der Waals surface area contributed by atoms with Crippen LogP contribution in [-0.4, -0.2) is 15.0 Å². The number of furan rings is 1. The zero-order chi connectivity index (χ0) is 39.3. The molecule has 0 bridgehead atoms. The molecule has 0 aliphatic rings. The summed E-state index contributed by atoms with van der Waals surface area (Å²) in [5.41, 5.74) is 11.1. The first-order valence-electron chi connectivity index (χ1n) is 19.5. The van der Waals surface area contributed by atoms with Gasteiger partial charge in [-0.05, 0) is 91.3 Å². The van der Waals surface area contributed by atoms with Crippen LogP contribution in [0.15, 0.2) is 199 Å². The second-order valence-corrected chi connectivity index (χ2v) is 14.6. The Labute approximate surface area is 340 Å². The molecule has 0 saturated heterocycles. The van der Waals surface area contributed by atoms with E-state index in [1.165, 1.54) is 10.9 Å². The molecule has 0 fully saturated rings. The van der Waals surface area contributed by atoms with Crippen molar-refractivity contribution in [3.63, 3.8) is 0 Å². The smallest absolute Gasteiger partial charge is 0.194 e. The summed E-state index contributed by atoms with van der Waals surface area (Å²) in [5, 5.41) is 6.56. The molecule has 5 heteroatoms. The normalized spacial score (nSPS) is 11.4. The van der Waals surface area contributed by atoms with Gasteiger partial charge in [-0.25, -0.2) is 19.8 Å². The summed E-state index contributed by atoms with van der Waals surface area (Å²) < 4.78 is 6.62. The topological polar surface area (TPSA) is 56.2 Å². The van der Waals surface area contributed by atoms with Crippen LogP contribution in [-0.2, 0) is 0 Å². The summed E-state index contributed by atoms with van der Waals surface area (Å²) in [4.78, 5) is 19.4. The van der Waals surface area contributed by atoms with E-state index < -0.39 is 0 Å². The van der Waals surface area contributed by atoms with E-state index >= 15 is 0 Å². The van der Waals surface area contributed by atoms with Crippen LogP contribution in [0, 0.1) is 6.57 Å². The third kappa shape index (κ3) is 5.99. The van der Waals surface area contributed by atoms with Gasteiger partial charge in [-0.3, -0.25) is 0 Å². The molecule has 0 aliphatic heterocycles. The highest BCUT2D eigenvalue weighted by molar-refractivity contribution is 6.14. The van der Waals surface area contributed by atoms with Crippen molar-refractivity contribution in [3.8, 4) is 67.5 Å². The number of hydrogen-bond donors (Lipinski definition) is 0. The zero-order valence-corrected chi connectivity index (χ0v) is 31.7. The van der Waals surface area contributed by atoms with Crippen molar-refractivity contribution in [1.29, 1.82) is 0 Å². The van der Waals surface area contributed by atoms with Crippen molar-refractivity contribution in [2.75, 3.05) is 0 Å². The van der Waals surface area contributed by atoms with Gasteiger partial charge >= 0.3 is 0 Å². The number of nitrogens with zero attached hydrogens (tertiary/aromatic N) is 4. The Morgan fingerprint density at radius 1 is 0.356 bits per heavy atom. The molecular weight excluding hydrogens is 721 g/mol. The van der Waals surface area contributed by atoms with Crippen LogP contribution in [0.2, 0.25) is 0 Å². The van der Waals surface area contributed by atoms with Gasteiger partial charge in [-0.15, -0.1) is 0 Å². The molecule has 0 N–H and O–H groups in total. The van der Waals surface area contributed by atoms with Crippen molar-refractivity contribution < 1.29 is 4.42 Å². The Balaban J connectivity index is 1.10. The van der Waals surface area contributed by atoms with E-state index in [2.05, 4.69) is 138 Å². The third-order valence-corrected chi connectivity index (χ3v) is 11.1. The van der Waals surface area contributed by atoms with Gasteiger partial charge in [-0.2, -0.15) is 0 Å². The van der Waals surface area contributed by atoms with Crippen LogP contribution in [0.5, 0.6) is 0 Å². The Kier molecular flexibility index (Phi) is 8.13. The van der Waals surface area contributed by atoms with E-state index in [0.29, 0.717) is 23.2 Å². The lowest BCUT2D eigenvalue weighted by Crippen LogP contribution is -2.01. The van der Waals surface area contributed by atoms with E-state index in [1.54, 1.807) is 0 Å². The fourth-order valence-electron chi connectivity index (χ4n) is 8.34. The summed E-state index contributed by atoms with van der Waals surface area (Å²) in [6, 6.07) is 66.4. The highest BCUT2D eigenvalue weighted by atomic mass is 16.3. The number of fused-ring (bicyclic) bond motifs is 6. The number of para-hydroxylation sites is 1. The summed E-state index contributed by atoms with van der Waals surface area (Å²) in [6.07, 6.45) is 0. The Morgan fingerprint density at radius 3 is 1.78 bits per heavy atom. The lowest BCUT2D eigenvalue weighted by atomic mass is 9.95. The van der Waals surface area contributed by atoms with E-state index in [-0.39, 0.29) is 0 Å². The van der Waals surface area contributed by atoms with Gasteiger partial charge in [-0.1, -0.05) is 158 Å². The standard InChI is InChI=1S/C54H32N4O/c1-55-48-26-10-9-22-42(48)36-18-12-20-39(31-36)52-56-53(58-54(57-52)47-32-38-16-5-6-21-41(38)44-23-7-8-24-45(44)47)40-28-29-46-50(33-40)59-49-27-13-25-43(51(46)49)37-19-11-17-35(30-37)34-14-3-2-4-15-34/h2-33H. The van der Waals surface area contributed by atoms with Crippen molar-refractivity contribution in [2.24, 2.45) is 0 Å². The minimum atomic E-state index is 0.535. The molecule has 2 aromatic heterocycles. The van der Waals surface area contributed by atoms with Gasteiger partial charge in [0.25, 0.3) is 0 Å². The number of aromatic nitrogens is 3. The molecule has 0 aliphatic carbocycles. The van der Waals surface area contributed by atoms with Gasteiger partial charge in [0, 0.05) is 27.5 Å². The fourth-order valence-corrected chi connectivity index (χ4v) is 8.34. The average Bonchev–Trinajstić information content (AvgIpc) is 3.70. The predicted octanol–water partition coefficient (Wildman–Crippen LogP) is 14.6. The molecule has 0 amide bonds. The Morgan fingerprint density at radius 2 is 0.949 bits per heavy atom. The summed E-state index contributed by atoms with van der Waals surface area (Å²) in [7, 11) is 0. The van der Waals surface area contributed by atoms with E-state index in [4.69, 9.17) is 25.9 Å². The number of rotatable bonds is 6. The Hall–Kier alpha value is -8.20. The Bertz CT molecular complexity index is 3470. The first kappa shape index (κ1) is 34.1. The van der Waals surface area contributed by atoms with Gasteiger partial charge in [0.1, 0.15) is 11.2 Å². The molecule has 0 radical (unpaired) electrons. The SMILES string of the molecule is [C-]#[N+]c1ccccc1-c1cccc(-c2nc(-c3ccc4c(c3)oc3cccc(-c5cccc(-c6ccccc6)c5)c34)nc(-c3cc4ccccc4c4ccccc34)n2)c1. The molecule has 59 heavy (non-hydrogen) atoms. The summed E-state index contributed by atoms with van der Waals surface area (Å²) in [6.45, 7) is 7.80. The van der Waals surface area contributed by atoms with Crippen molar-refractivity contribution in [1.82, 2.24) is 15.0 Å². The molecule has 0 spiro atoms. The first-order valence-corrected chi connectivity index (χ1v) is 19.5. The quantitative estimate of drug-likeness (QED) is 0.125. The average molecular weight is 753 g/mol. The van der Waals surface area contributed by atoms with E-state index in [0.717, 1.165) is 82.6 Å². The molecule has 2 heterocycles. The van der Waals surface area contributed by atoms with Crippen LogP contribution in [0.1, 0.15) is 0 Å². The van der Waals surface area contributed by atoms with Crippen LogP contribution in [0.25, 0.3) is 116 Å². The minimum absolute atomic E-state index is 0.535. The first-order chi connectivity index (χ1) is 29.2. The van der Waals surface area contributed by atoms with E-state index in [1.807, 2.05) is 60.7 Å². The number of benzene rings is 9. The van der Waals surface area contributed by atoms with Gasteiger partial charge in [0.15, 0.2) is 23.2 Å². The van der Waals surface area contributed by atoms with Gasteiger partial charge in [0.05, 0.1) is 6.57 Å². The fraction of sp³-hybridized carbons (Fsp3) is 0. The molecular formula is C54H32N4O. The molecule has 11 rings (SSSR count). The maximum absolute atomic E-state index is 7.80. The third-order valence-electron chi connectivity index (χ3n) is 11.1. The lowest BCUT2D eigenvalue weighted by molar-refractivity contribution is 0.669. The summed E-state index contributed by atoms with van der Waals surface area (Å²) >= 11 is 0. The molecule has 9 aromatic carbocycles. The predicted molar refractivity (Wildman–Crippen MR) is 241 cm³/mol. The van der Waals surface area contributed by atoms with Crippen LogP contribution in [0.4, 0.5) is 5.69 Å². The van der Waals surface area contributed by atoms with Gasteiger partial charge in [0.2, 0.25) is 0 Å². The summed E-state index contributed by atoms with van der Waals surface area (Å²) in [5.74, 6) is 1.64. The van der Waals surface area contributed by atoms with Crippen LogP contribution >= 0.6 is 0 Å². The minimum Gasteiger partial charge on any atom is -0.456 e. The second kappa shape index (κ2) is 14.1. The molecule has 11 aromatic rings. The highest BCUT2D eigenvalue weighted by Crippen LogP contribution is 2.40. The van der Waals surface area contributed by atoms with Crippen molar-refractivity contribution in [3.05, 3.63) is 206 Å². The highest BCUT2D eigenvalue weighted by Gasteiger charge is 2.19. The molecule has 0 unspecified atom stereocenters. The number of hydrogen-bond acceptors (Lipinski definition) is 4. The molecule has 274 valence electrons. The monoisotopic (exact) mass is 752 g/mol. The van der Waals surface area contributed by atoms with E-state index in [9.17, 15) is 0 Å². The lowest BCUT2D eigenvalue weighted by Gasteiger charge is -2.13. The zero-order valence-electron chi connectivity index (χ0n) is 31.7. The van der Waals surface area contributed by atoms with Crippen molar-refractivity contribution in [2.45, 2.75) is 0 Å².